The van der Waals surface area contributed by atoms with E-state index >= 15 is 0 Å². The van der Waals surface area contributed by atoms with E-state index in [4.69, 9.17) is 4.42 Å². The fraction of sp³-hybridized carbons (Fsp3) is 0.235. The Balaban J connectivity index is 1.70. The summed E-state index contributed by atoms with van der Waals surface area (Å²) in [5.74, 6) is 0.579. The molecular weight excluding hydrogens is 266 g/mol. The normalized spacial score (nSPS) is 20.6. The molecule has 108 valence electrons. The summed E-state index contributed by atoms with van der Waals surface area (Å²) in [6, 6.07) is 11.5. The Bertz CT molecular complexity index is 646. The second-order valence-corrected chi connectivity index (χ2v) is 5.15. The molecule has 3 rings (SSSR count). The van der Waals surface area contributed by atoms with Crippen LogP contribution in [-0.4, -0.2) is 17.6 Å². The molecule has 0 bridgehead atoms. The zero-order chi connectivity index (χ0) is 14.7. The monoisotopic (exact) mass is 283 g/mol. The van der Waals surface area contributed by atoms with Crippen molar-refractivity contribution >= 4 is 12.0 Å². The summed E-state index contributed by atoms with van der Waals surface area (Å²) in [5, 5.41) is 12.4. The van der Waals surface area contributed by atoms with Crippen molar-refractivity contribution in [2.75, 3.05) is 6.61 Å². The van der Waals surface area contributed by atoms with Gasteiger partial charge in [-0.25, -0.2) is 0 Å². The SMILES string of the molecule is O=C(C=Cc1ccco1)NC1CC(CO)c2ccccc21. The molecule has 0 saturated heterocycles. The van der Waals surface area contributed by atoms with Gasteiger partial charge in [0, 0.05) is 12.0 Å². The molecule has 1 heterocycles. The third kappa shape index (κ3) is 2.90. The lowest BCUT2D eigenvalue weighted by molar-refractivity contribution is -0.117. The van der Waals surface area contributed by atoms with Crippen molar-refractivity contribution in [3.05, 3.63) is 65.6 Å². The molecule has 2 aromatic rings. The number of carbonyl (C=O) groups excluding carboxylic acids is 1. The highest BCUT2D eigenvalue weighted by molar-refractivity contribution is 5.91. The van der Waals surface area contributed by atoms with E-state index in [1.807, 2.05) is 24.3 Å². The molecule has 0 saturated carbocycles. The highest BCUT2D eigenvalue weighted by Gasteiger charge is 2.30. The van der Waals surface area contributed by atoms with Crippen LogP contribution < -0.4 is 5.32 Å². The van der Waals surface area contributed by atoms with Gasteiger partial charge < -0.3 is 14.8 Å². The van der Waals surface area contributed by atoms with Gasteiger partial charge in [0.05, 0.1) is 18.9 Å². The number of carbonyl (C=O) groups is 1. The van der Waals surface area contributed by atoms with Crippen LogP contribution in [0.3, 0.4) is 0 Å². The minimum atomic E-state index is -0.162. The first-order valence-electron chi connectivity index (χ1n) is 6.99. The molecule has 1 aliphatic carbocycles. The van der Waals surface area contributed by atoms with Crippen LogP contribution in [0.5, 0.6) is 0 Å². The Labute approximate surface area is 123 Å². The maximum Gasteiger partial charge on any atom is 0.244 e. The van der Waals surface area contributed by atoms with E-state index < -0.39 is 0 Å². The van der Waals surface area contributed by atoms with Crippen molar-refractivity contribution in [1.82, 2.24) is 5.32 Å². The number of aliphatic hydroxyl groups is 1. The largest absolute Gasteiger partial charge is 0.465 e. The van der Waals surface area contributed by atoms with E-state index in [-0.39, 0.29) is 24.5 Å². The van der Waals surface area contributed by atoms with Gasteiger partial charge in [0.15, 0.2) is 0 Å². The number of furan rings is 1. The summed E-state index contributed by atoms with van der Waals surface area (Å²) in [7, 11) is 0. The molecule has 2 unspecified atom stereocenters. The summed E-state index contributed by atoms with van der Waals surface area (Å²) < 4.78 is 5.14. The molecule has 1 aromatic heterocycles. The Morgan fingerprint density at radius 1 is 1.29 bits per heavy atom. The third-order valence-corrected chi connectivity index (χ3v) is 3.81. The van der Waals surface area contributed by atoms with Crippen molar-refractivity contribution < 1.29 is 14.3 Å². The lowest BCUT2D eigenvalue weighted by Gasteiger charge is -2.12. The van der Waals surface area contributed by atoms with Crippen LogP contribution in [0, 0.1) is 0 Å². The lowest BCUT2D eigenvalue weighted by Crippen LogP contribution is -2.25. The molecule has 2 N–H and O–H groups in total. The number of benzene rings is 1. The number of rotatable bonds is 4. The molecule has 0 spiro atoms. The van der Waals surface area contributed by atoms with Crippen LogP contribution >= 0.6 is 0 Å². The zero-order valence-electron chi connectivity index (χ0n) is 11.5. The maximum atomic E-state index is 12.0. The van der Waals surface area contributed by atoms with Crippen molar-refractivity contribution in [1.29, 1.82) is 0 Å². The molecular formula is C17H17NO3. The van der Waals surface area contributed by atoms with Gasteiger partial charge >= 0.3 is 0 Å². The number of amides is 1. The smallest absolute Gasteiger partial charge is 0.244 e. The second kappa shape index (κ2) is 5.97. The summed E-state index contributed by atoms with van der Waals surface area (Å²) in [6.07, 6.45) is 5.40. The molecule has 1 aliphatic rings. The number of nitrogens with one attached hydrogen (secondary N) is 1. The molecule has 21 heavy (non-hydrogen) atoms. The van der Waals surface area contributed by atoms with Crippen LogP contribution in [0.15, 0.2) is 53.2 Å². The molecule has 1 amide bonds. The predicted molar refractivity (Wildman–Crippen MR) is 79.5 cm³/mol. The quantitative estimate of drug-likeness (QED) is 0.848. The average molecular weight is 283 g/mol. The summed E-state index contributed by atoms with van der Waals surface area (Å²) >= 11 is 0. The van der Waals surface area contributed by atoms with E-state index in [1.54, 1.807) is 24.5 Å². The number of aliphatic hydroxyl groups excluding tert-OH is 1. The molecule has 0 fully saturated rings. The third-order valence-electron chi connectivity index (χ3n) is 3.81. The van der Waals surface area contributed by atoms with Gasteiger partial charge in [-0.2, -0.15) is 0 Å². The zero-order valence-corrected chi connectivity index (χ0v) is 11.5. The van der Waals surface area contributed by atoms with Gasteiger partial charge in [0.25, 0.3) is 0 Å². The minimum absolute atomic E-state index is 0.0490. The van der Waals surface area contributed by atoms with Crippen LogP contribution in [0.2, 0.25) is 0 Å². The standard InChI is InChI=1S/C17H17NO3/c19-11-12-10-16(15-6-2-1-5-14(12)15)18-17(20)8-7-13-4-3-9-21-13/h1-9,12,16,19H,10-11H2,(H,18,20). The highest BCUT2D eigenvalue weighted by Crippen LogP contribution is 2.39. The molecule has 4 heteroatoms. The molecule has 0 aliphatic heterocycles. The predicted octanol–water partition coefficient (Wildman–Crippen LogP) is 2.63. The molecule has 1 aromatic carbocycles. The first kappa shape index (κ1) is 13.6. The van der Waals surface area contributed by atoms with Crippen molar-refractivity contribution in [3.63, 3.8) is 0 Å². The van der Waals surface area contributed by atoms with Crippen LogP contribution in [-0.2, 0) is 4.79 Å². The lowest BCUT2D eigenvalue weighted by atomic mass is 10.0. The summed E-state index contributed by atoms with van der Waals surface area (Å²) in [6.45, 7) is 0.103. The van der Waals surface area contributed by atoms with Gasteiger partial charge in [-0.05, 0) is 35.8 Å². The van der Waals surface area contributed by atoms with Crippen LogP contribution in [0.4, 0.5) is 0 Å². The Morgan fingerprint density at radius 2 is 2.10 bits per heavy atom. The first-order chi connectivity index (χ1) is 10.3. The van der Waals surface area contributed by atoms with Gasteiger partial charge in [-0.3, -0.25) is 4.79 Å². The van der Waals surface area contributed by atoms with Crippen LogP contribution in [0.1, 0.15) is 35.3 Å². The highest BCUT2D eigenvalue weighted by atomic mass is 16.3. The van der Waals surface area contributed by atoms with Crippen molar-refractivity contribution in [2.24, 2.45) is 0 Å². The minimum Gasteiger partial charge on any atom is -0.465 e. The van der Waals surface area contributed by atoms with Gasteiger partial charge in [-0.15, -0.1) is 0 Å². The molecule has 2 atom stereocenters. The van der Waals surface area contributed by atoms with Gasteiger partial charge in [-0.1, -0.05) is 24.3 Å². The first-order valence-corrected chi connectivity index (χ1v) is 6.99. The molecule has 0 radical (unpaired) electrons. The second-order valence-electron chi connectivity index (χ2n) is 5.15. The maximum absolute atomic E-state index is 12.0. The average Bonchev–Trinajstić information content (AvgIpc) is 3.13. The van der Waals surface area contributed by atoms with E-state index in [0.717, 1.165) is 17.5 Å². The summed E-state index contributed by atoms with van der Waals surface area (Å²) in [4.78, 5) is 12.0. The van der Waals surface area contributed by atoms with Crippen LogP contribution in [0.25, 0.3) is 6.08 Å². The Hall–Kier alpha value is -2.33. The van der Waals surface area contributed by atoms with E-state index in [2.05, 4.69) is 5.32 Å². The molecule has 4 nitrogen and oxygen atoms in total. The number of hydrogen-bond donors (Lipinski definition) is 2. The fourth-order valence-electron chi connectivity index (χ4n) is 2.81. The van der Waals surface area contributed by atoms with Gasteiger partial charge in [0.1, 0.15) is 5.76 Å². The number of fused-ring (bicyclic) bond motifs is 1. The van der Waals surface area contributed by atoms with E-state index in [1.165, 1.54) is 6.08 Å². The van der Waals surface area contributed by atoms with Crippen molar-refractivity contribution in [3.8, 4) is 0 Å². The van der Waals surface area contributed by atoms with Gasteiger partial charge in [0.2, 0.25) is 5.91 Å². The Morgan fingerprint density at radius 3 is 2.81 bits per heavy atom. The van der Waals surface area contributed by atoms with Crippen molar-refractivity contribution in [2.45, 2.75) is 18.4 Å². The topological polar surface area (TPSA) is 62.5 Å². The van der Waals surface area contributed by atoms with E-state index in [9.17, 15) is 9.90 Å². The fourth-order valence-corrected chi connectivity index (χ4v) is 2.81. The Kier molecular flexibility index (Phi) is 3.88. The number of hydrogen-bond acceptors (Lipinski definition) is 3. The van der Waals surface area contributed by atoms with E-state index in [0.29, 0.717) is 5.76 Å². The summed E-state index contributed by atoms with van der Waals surface area (Å²) in [5.41, 5.74) is 2.22.